The van der Waals surface area contributed by atoms with E-state index in [-0.39, 0.29) is 22.5 Å². The number of carbonyl (C=O) groups excluding carboxylic acids is 3. The SMILES string of the molecule is CCCC(=O)c1cccc(C(N)=O)c1C(N)=O. The Morgan fingerprint density at radius 3 is 2.12 bits per heavy atom. The van der Waals surface area contributed by atoms with Crippen molar-refractivity contribution in [3.8, 4) is 0 Å². The molecule has 0 aliphatic heterocycles. The van der Waals surface area contributed by atoms with Gasteiger partial charge in [0.2, 0.25) is 11.8 Å². The van der Waals surface area contributed by atoms with Crippen LogP contribution >= 0.6 is 0 Å². The largest absolute Gasteiger partial charge is 0.366 e. The molecule has 0 fully saturated rings. The zero-order valence-corrected chi connectivity index (χ0v) is 9.53. The number of ketones is 1. The van der Waals surface area contributed by atoms with Crippen LogP contribution in [0.3, 0.4) is 0 Å². The van der Waals surface area contributed by atoms with Crippen LogP contribution in [-0.2, 0) is 0 Å². The fourth-order valence-electron chi connectivity index (χ4n) is 1.62. The van der Waals surface area contributed by atoms with E-state index in [0.717, 1.165) is 0 Å². The van der Waals surface area contributed by atoms with Crippen molar-refractivity contribution in [3.63, 3.8) is 0 Å². The number of carbonyl (C=O) groups is 3. The molecule has 0 spiro atoms. The molecule has 2 amide bonds. The Morgan fingerprint density at radius 2 is 1.65 bits per heavy atom. The summed E-state index contributed by atoms with van der Waals surface area (Å²) >= 11 is 0. The lowest BCUT2D eigenvalue weighted by molar-refractivity contribution is 0.0948. The van der Waals surface area contributed by atoms with Crippen LogP contribution in [0.1, 0.15) is 50.8 Å². The topological polar surface area (TPSA) is 103 Å². The highest BCUT2D eigenvalue weighted by molar-refractivity contribution is 6.13. The van der Waals surface area contributed by atoms with Crippen molar-refractivity contribution < 1.29 is 14.4 Å². The minimum atomic E-state index is -0.821. The third-order valence-electron chi connectivity index (χ3n) is 2.35. The van der Waals surface area contributed by atoms with Crippen molar-refractivity contribution in [1.82, 2.24) is 0 Å². The molecule has 1 rings (SSSR count). The molecule has 0 bridgehead atoms. The van der Waals surface area contributed by atoms with Gasteiger partial charge >= 0.3 is 0 Å². The average Bonchev–Trinajstić information content (AvgIpc) is 2.28. The summed E-state index contributed by atoms with van der Waals surface area (Å²) in [5.74, 6) is -1.81. The highest BCUT2D eigenvalue weighted by atomic mass is 16.2. The zero-order chi connectivity index (χ0) is 13.0. The molecule has 0 aliphatic carbocycles. The third-order valence-corrected chi connectivity index (χ3v) is 2.35. The molecule has 90 valence electrons. The van der Waals surface area contributed by atoms with Crippen molar-refractivity contribution in [2.24, 2.45) is 11.5 Å². The predicted octanol–water partition coefficient (Wildman–Crippen LogP) is 0.867. The number of nitrogens with two attached hydrogens (primary N) is 2. The molecular weight excluding hydrogens is 220 g/mol. The zero-order valence-electron chi connectivity index (χ0n) is 9.53. The van der Waals surface area contributed by atoms with Gasteiger partial charge in [-0.25, -0.2) is 0 Å². The fraction of sp³-hybridized carbons (Fsp3) is 0.250. The highest BCUT2D eigenvalue weighted by Gasteiger charge is 2.20. The van der Waals surface area contributed by atoms with Gasteiger partial charge in [0, 0.05) is 12.0 Å². The molecule has 0 unspecified atom stereocenters. The van der Waals surface area contributed by atoms with Crippen molar-refractivity contribution in [3.05, 3.63) is 34.9 Å². The van der Waals surface area contributed by atoms with Gasteiger partial charge in [-0.15, -0.1) is 0 Å². The maximum atomic E-state index is 11.8. The molecule has 0 atom stereocenters. The van der Waals surface area contributed by atoms with E-state index in [4.69, 9.17) is 11.5 Å². The monoisotopic (exact) mass is 234 g/mol. The Morgan fingerprint density at radius 1 is 1.06 bits per heavy atom. The highest BCUT2D eigenvalue weighted by Crippen LogP contribution is 2.16. The van der Waals surface area contributed by atoms with E-state index >= 15 is 0 Å². The van der Waals surface area contributed by atoms with Crippen LogP contribution in [0.4, 0.5) is 0 Å². The minimum absolute atomic E-state index is 0.0144. The van der Waals surface area contributed by atoms with Gasteiger partial charge in [0.1, 0.15) is 0 Å². The molecule has 0 radical (unpaired) electrons. The van der Waals surface area contributed by atoms with Crippen LogP contribution in [0.5, 0.6) is 0 Å². The first kappa shape index (κ1) is 12.9. The summed E-state index contributed by atoms with van der Waals surface area (Å²) in [6.07, 6.45) is 0.945. The van der Waals surface area contributed by atoms with Crippen LogP contribution in [0.15, 0.2) is 18.2 Å². The van der Waals surface area contributed by atoms with E-state index in [1.165, 1.54) is 18.2 Å². The van der Waals surface area contributed by atoms with E-state index in [1.54, 1.807) is 0 Å². The Bertz CT molecular complexity index is 481. The summed E-state index contributed by atoms with van der Waals surface area (Å²) < 4.78 is 0. The van der Waals surface area contributed by atoms with Crippen LogP contribution < -0.4 is 11.5 Å². The van der Waals surface area contributed by atoms with E-state index in [2.05, 4.69) is 0 Å². The van der Waals surface area contributed by atoms with Gasteiger partial charge in [-0.05, 0) is 12.5 Å². The summed E-state index contributed by atoms with van der Waals surface area (Å²) in [7, 11) is 0. The molecule has 5 nitrogen and oxygen atoms in total. The lowest BCUT2D eigenvalue weighted by Gasteiger charge is -2.08. The Hall–Kier alpha value is -2.17. The van der Waals surface area contributed by atoms with Crippen LogP contribution in [-0.4, -0.2) is 17.6 Å². The summed E-state index contributed by atoms with van der Waals surface area (Å²) in [5, 5.41) is 0. The van der Waals surface area contributed by atoms with Gasteiger partial charge < -0.3 is 11.5 Å². The quantitative estimate of drug-likeness (QED) is 0.738. The van der Waals surface area contributed by atoms with Gasteiger partial charge in [-0.1, -0.05) is 19.1 Å². The van der Waals surface area contributed by atoms with Crippen molar-refractivity contribution in [1.29, 1.82) is 0 Å². The maximum absolute atomic E-state index is 11.8. The van der Waals surface area contributed by atoms with Crippen LogP contribution in [0.2, 0.25) is 0 Å². The number of hydrogen-bond acceptors (Lipinski definition) is 3. The van der Waals surface area contributed by atoms with Gasteiger partial charge in [-0.3, -0.25) is 14.4 Å². The van der Waals surface area contributed by atoms with Crippen LogP contribution in [0, 0.1) is 0 Å². The molecule has 4 N–H and O–H groups in total. The van der Waals surface area contributed by atoms with E-state index in [9.17, 15) is 14.4 Å². The standard InChI is InChI=1S/C12H14N2O3/c1-2-4-9(15)7-5-3-6-8(11(13)16)10(7)12(14)17/h3,5-6H,2,4H2,1H3,(H2,13,16)(H2,14,17). The van der Waals surface area contributed by atoms with Gasteiger partial charge in [0.05, 0.1) is 11.1 Å². The molecule has 0 saturated heterocycles. The van der Waals surface area contributed by atoms with E-state index in [0.29, 0.717) is 12.8 Å². The second-order valence-electron chi connectivity index (χ2n) is 3.63. The lowest BCUT2D eigenvalue weighted by Crippen LogP contribution is -2.23. The normalized spacial score (nSPS) is 9.94. The molecule has 0 aromatic heterocycles. The number of primary amides is 2. The molecule has 17 heavy (non-hydrogen) atoms. The minimum Gasteiger partial charge on any atom is -0.366 e. The van der Waals surface area contributed by atoms with Crippen LogP contribution in [0.25, 0.3) is 0 Å². The second-order valence-corrected chi connectivity index (χ2v) is 3.63. The number of rotatable bonds is 5. The molecule has 5 heteroatoms. The summed E-state index contributed by atoms with van der Waals surface area (Å²) in [6, 6.07) is 4.37. The van der Waals surface area contributed by atoms with Gasteiger partial charge in [-0.2, -0.15) is 0 Å². The first-order valence-corrected chi connectivity index (χ1v) is 5.24. The third kappa shape index (κ3) is 2.69. The molecule has 0 heterocycles. The molecular formula is C12H14N2O3. The summed E-state index contributed by atoms with van der Waals surface area (Å²) in [5.41, 5.74) is 10.4. The molecule has 0 saturated carbocycles. The summed E-state index contributed by atoms with van der Waals surface area (Å²) in [6.45, 7) is 1.85. The second kappa shape index (κ2) is 5.25. The van der Waals surface area contributed by atoms with Crippen molar-refractivity contribution >= 4 is 17.6 Å². The Kier molecular flexibility index (Phi) is 3.98. The number of hydrogen-bond donors (Lipinski definition) is 2. The van der Waals surface area contributed by atoms with Gasteiger partial charge in [0.25, 0.3) is 0 Å². The number of benzene rings is 1. The predicted molar refractivity (Wildman–Crippen MR) is 62.7 cm³/mol. The first-order chi connectivity index (χ1) is 7.99. The Balaban J connectivity index is 3.40. The lowest BCUT2D eigenvalue weighted by atomic mass is 9.95. The number of amides is 2. The average molecular weight is 234 g/mol. The smallest absolute Gasteiger partial charge is 0.250 e. The summed E-state index contributed by atoms with van der Waals surface area (Å²) in [4.78, 5) is 34.3. The van der Waals surface area contributed by atoms with Gasteiger partial charge in [0.15, 0.2) is 5.78 Å². The molecule has 1 aromatic rings. The van der Waals surface area contributed by atoms with E-state index < -0.39 is 11.8 Å². The fourth-order valence-corrected chi connectivity index (χ4v) is 1.62. The van der Waals surface area contributed by atoms with Crippen molar-refractivity contribution in [2.45, 2.75) is 19.8 Å². The maximum Gasteiger partial charge on any atom is 0.250 e. The van der Waals surface area contributed by atoms with E-state index in [1.807, 2.05) is 6.92 Å². The van der Waals surface area contributed by atoms with Crippen molar-refractivity contribution in [2.75, 3.05) is 0 Å². The first-order valence-electron chi connectivity index (χ1n) is 5.24. The Labute approximate surface area is 98.8 Å². The number of Topliss-reactive ketones (excluding diaryl/α,β-unsaturated/α-hetero) is 1. The molecule has 0 aliphatic rings. The molecule has 1 aromatic carbocycles.